The molecule has 0 bridgehead atoms. The van der Waals surface area contributed by atoms with Crippen LogP contribution in [0.25, 0.3) is 11.0 Å². The van der Waals surface area contributed by atoms with Gasteiger partial charge < -0.3 is 25.9 Å². The smallest absolute Gasteiger partial charge is 0.305 e. The molecule has 10 nitrogen and oxygen atoms in total. The maximum Gasteiger partial charge on any atom is 0.305 e. The van der Waals surface area contributed by atoms with Crippen LogP contribution in [-0.2, 0) is 14.4 Å². The molecule has 37 heavy (non-hydrogen) atoms. The molecule has 0 unspecified atom stereocenters. The molecular formula is C27H31N5O5. The highest BCUT2D eigenvalue weighted by molar-refractivity contribution is 5.94. The zero-order valence-electron chi connectivity index (χ0n) is 20.6. The van der Waals surface area contributed by atoms with Crippen molar-refractivity contribution in [3.63, 3.8) is 0 Å². The number of carbonyl (C=O) groups is 4. The molecule has 0 aliphatic rings. The number of hydrogen-bond donors (Lipinski definition) is 4. The van der Waals surface area contributed by atoms with Crippen LogP contribution in [0, 0.1) is 5.92 Å². The maximum absolute atomic E-state index is 12.5. The monoisotopic (exact) mass is 505 g/mol. The fourth-order valence-corrected chi connectivity index (χ4v) is 3.83. The van der Waals surface area contributed by atoms with Crippen molar-refractivity contribution in [3.8, 4) is 0 Å². The molecule has 0 aliphatic carbocycles. The van der Waals surface area contributed by atoms with E-state index in [1.807, 2.05) is 31.2 Å². The zero-order valence-corrected chi connectivity index (χ0v) is 20.6. The van der Waals surface area contributed by atoms with Gasteiger partial charge in [0.25, 0.3) is 5.91 Å². The molecule has 194 valence electrons. The number of carboxylic acids is 1. The van der Waals surface area contributed by atoms with E-state index >= 15 is 0 Å². The van der Waals surface area contributed by atoms with Crippen LogP contribution in [0.15, 0.2) is 54.7 Å². The predicted octanol–water partition coefficient (Wildman–Crippen LogP) is 3.46. The quantitative estimate of drug-likeness (QED) is 0.192. The highest BCUT2D eigenvalue weighted by Crippen LogP contribution is 2.18. The SMILES string of the molecule is CC[C@H](CCCCNC(=O)c1ccc(Nc2cnc3ccccc3n2)cc1)C(=O)N[C@H](C=O)CC(=O)O. The summed E-state index contributed by atoms with van der Waals surface area (Å²) in [5.74, 6) is -1.37. The maximum atomic E-state index is 12.5. The lowest BCUT2D eigenvalue weighted by molar-refractivity contribution is -0.139. The second-order valence-corrected chi connectivity index (χ2v) is 8.65. The second-order valence-electron chi connectivity index (χ2n) is 8.65. The Bertz CT molecular complexity index is 1230. The van der Waals surface area contributed by atoms with Gasteiger partial charge >= 0.3 is 5.97 Å². The van der Waals surface area contributed by atoms with Gasteiger partial charge in [-0.1, -0.05) is 25.5 Å². The summed E-state index contributed by atoms with van der Waals surface area (Å²) in [7, 11) is 0. The number of nitrogens with zero attached hydrogens (tertiary/aromatic N) is 2. The van der Waals surface area contributed by atoms with Gasteiger partial charge in [0.2, 0.25) is 5.91 Å². The van der Waals surface area contributed by atoms with Gasteiger partial charge in [0.1, 0.15) is 12.1 Å². The number of fused-ring (bicyclic) bond motifs is 1. The number of carbonyl (C=O) groups excluding carboxylic acids is 3. The summed E-state index contributed by atoms with van der Waals surface area (Å²) in [6.45, 7) is 2.32. The van der Waals surface area contributed by atoms with Gasteiger partial charge in [-0.2, -0.15) is 0 Å². The number of anilines is 2. The van der Waals surface area contributed by atoms with Crippen LogP contribution in [-0.4, -0.2) is 51.7 Å². The summed E-state index contributed by atoms with van der Waals surface area (Å²) in [6, 6.07) is 13.6. The number of carboxylic acid groups (broad SMARTS) is 1. The minimum atomic E-state index is -1.15. The van der Waals surface area contributed by atoms with Crippen molar-refractivity contribution >= 4 is 46.6 Å². The van der Waals surface area contributed by atoms with E-state index in [1.54, 1.807) is 30.5 Å². The van der Waals surface area contributed by atoms with Crippen molar-refractivity contribution in [1.82, 2.24) is 20.6 Å². The largest absolute Gasteiger partial charge is 0.481 e. The van der Waals surface area contributed by atoms with Crippen molar-refractivity contribution in [2.75, 3.05) is 11.9 Å². The van der Waals surface area contributed by atoms with Gasteiger partial charge in [-0.25, -0.2) is 4.98 Å². The standard InChI is InChI=1S/C27H31N5O5/c1-2-18(27(37)31-21(17-33)15-25(34)35)7-5-6-14-28-26(36)19-10-12-20(13-11-19)30-24-16-29-22-8-3-4-9-23(22)32-24/h3-4,8-13,16-18,21H,2,5-7,14-15H2,1H3,(H,28,36)(H,30,32)(H,31,37)(H,34,35)/t18-,21+/m1/s1. The van der Waals surface area contributed by atoms with E-state index in [1.165, 1.54) is 0 Å². The number of nitrogens with one attached hydrogen (secondary N) is 3. The first kappa shape index (κ1) is 27.3. The molecular weight excluding hydrogens is 474 g/mol. The first-order chi connectivity index (χ1) is 17.9. The fourth-order valence-electron chi connectivity index (χ4n) is 3.83. The summed E-state index contributed by atoms with van der Waals surface area (Å²) in [4.78, 5) is 55.5. The number of aldehydes is 1. The van der Waals surface area contributed by atoms with Gasteiger partial charge in [-0.3, -0.25) is 19.4 Å². The predicted molar refractivity (Wildman–Crippen MR) is 139 cm³/mol. The summed E-state index contributed by atoms with van der Waals surface area (Å²) < 4.78 is 0. The van der Waals surface area contributed by atoms with E-state index in [4.69, 9.17) is 5.11 Å². The lowest BCUT2D eigenvalue weighted by atomic mass is 9.97. The summed E-state index contributed by atoms with van der Waals surface area (Å²) >= 11 is 0. The Morgan fingerprint density at radius 3 is 2.43 bits per heavy atom. The summed E-state index contributed by atoms with van der Waals surface area (Å²) in [6.07, 6.45) is 4.19. The van der Waals surface area contributed by atoms with Gasteiger partial charge in [0, 0.05) is 23.7 Å². The highest BCUT2D eigenvalue weighted by Gasteiger charge is 2.21. The average Bonchev–Trinajstić information content (AvgIpc) is 2.90. The first-order valence-electron chi connectivity index (χ1n) is 12.2. The number of rotatable bonds is 14. The lowest BCUT2D eigenvalue weighted by Crippen LogP contribution is -2.41. The summed E-state index contributed by atoms with van der Waals surface area (Å²) in [5, 5.41) is 17.4. The Hall–Kier alpha value is -4.34. The van der Waals surface area contributed by atoms with E-state index in [0.717, 1.165) is 16.7 Å². The summed E-state index contributed by atoms with van der Waals surface area (Å²) in [5.41, 5.74) is 2.91. The molecule has 2 amide bonds. The van der Waals surface area contributed by atoms with Crippen molar-refractivity contribution in [2.45, 2.75) is 45.1 Å². The molecule has 0 aliphatic heterocycles. The van der Waals surface area contributed by atoms with Gasteiger partial charge in [0.05, 0.1) is 29.7 Å². The number of aromatic nitrogens is 2. The topological polar surface area (TPSA) is 150 Å². The normalized spacial score (nSPS) is 12.4. The van der Waals surface area contributed by atoms with E-state index in [9.17, 15) is 19.2 Å². The van der Waals surface area contributed by atoms with Crippen LogP contribution in [0.5, 0.6) is 0 Å². The van der Waals surface area contributed by atoms with E-state index in [-0.39, 0.29) is 17.7 Å². The number of para-hydroxylation sites is 2. The molecule has 1 heterocycles. The number of hydrogen-bond acceptors (Lipinski definition) is 7. The van der Waals surface area contributed by atoms with Crippen LogP contribution < -0.4 is 16.0 Å². The van der Waals surface area contributed by atoms with Crippen LogP contribution >= 0.6 is 0 Å². The van der Waals surface area contributed by atoms with Crippen molar-refractivity contribution in [3.05, 3.63) is 60.3 Å². The number of aliphatic carboxylic acids is 1. The lowest BCUT2D eigenvalue weighted by Gasteiger charge is -2.17. The molecule has 4 N–H and O–H groups in total. The number of amides is 2. The van der Waals surface area contributed by atoms with Crippen LogP contribution in [0.1, 0.15) is 49.4 Å². The molecule has 0 fully saturated rings. The van der Waals surface area contributed by atoms with Crippen LogP contribution in [0.3, 0.4) is 0 Å². The Morgan fingerprint density at radius 1 is 1.03 bits per heavy atom. The number of benzene rings is 2. The molecule has 0 spiro atoms. The Labute approximate surface area is 214 Å². The average molecular weight is 506 g/mol. The van der Waals surface area contributed by atoms with Crippen LogP contribution in [0.4, 0.5) is 11.5 Å². The molecule has 3 rings (SSSR count). The molecule has 2 aromatic carbocycles. The van der Waals surface area contributed by atoms with E-state index in [0.29, 0.717) is 49.9 Å². The first-order valence-corrected chi connectivity index (χ1v) is 12.2. The molecule has 3 aromatic rings. The second kappa shape index (κ2) is 13.7. The van der Waals surface area contributed by atoms with E-state index in [2.05, 4.69) is 25.9 Å². The third kappa shape index (κ3) is 8.38. The molecule has 1 aromatic heterocycles. The van der Waals surface area contributed by atoms with E-state index < -0.39 is 18.4 Å². The third-order valence-electron chi connectivity index (χ3n) is 5.88. The van der Waals surface area contributed by atoms with Crippen molar-refractivity contribution in [1.29, 1.82) is 0 Å². The van der Waals surface area contributed by atoms with Crippen LogP contribution in [0.2, 0.25) is 0 Å². The van der Waals surface area contributed by atoms with Crippen molar-refractivity contribution in [2.24, 2.45) is 5.92 Å². The zero-order chi connectivity index (χ0) is 26.6. The molecule has 10 heteroatoms. The van der Waals surface area contributed by atoms with Gasteiger partial charge in [-0.15, -0.1) is 0 Å². The number of unbranched alkanes of at least 4 members (excludes halogenated alkanes) is 1. The molecule has 2 atom stereocenters. The third-order valence-corrected chi connectivity index (χ3v) is 5.88. The molecule has 0 radical (unpaired) electrons. The molecule has 0 saturated heterocycles. The highest BCUT2D eigenvalue weighted by atomic mass is 16.4. The molecule has 0 saturated carbocycles. The Kier molecular flexibility index (Phi) is 10.1. The Morgan fingerprint density at radius 2 is 1.76 bits per heavy atom. The van der Waals surface area contributed by atoms with Gasteiger partial charge in [0.15, 0.2) is 0 Å². The minimum absolute atomic E-state index is 0.190. The fraction of sp³-hybridized carbons (Fsp3) is 0.333. The van der Waals surface area contributed by atoms with Gasteiger partial charge in [-0.05, 0) is 55.7 Å². The minimum Gasteiger partial charge on any atom is -0.481 e. The Balaban J connectivity index is 1.40. The van der Waals surface area contributed by atoms with Crippen molar-refractivity contribution < 1.29 is 24.3 Å².